The molecule has 0 saturated heterocycles. The van der Waals surface area contributed by atoms with Crippen molar-refractivity contribution >= 4 is 79.8 Å². The topological polar surface area (TPSA) is 0 Å². The van der Waals surface area contributed by atoms with Gasteiger partial charge < -0.3 is 0 Å². The Balaban J connectivity index is 0. The van der Waals surface area contributed by atoms with Crippen molar-refractivity contribution in [3.05, 3.63) is 0 Å². The van der Waals surface area contributed by atoms with E-state index in [4.69, 9.17) is 0 Å². The van der Waals surface area contributed by atoms with E-state index in [1.807, 2.05) is 0 Å². The van der Waals surface area contributed by atoms with E-state index in [-0.39, 0.29) is 96.8 Å². The van der Waals surface area contributed by atoms with Gasteiger partial charge in [0, 0.05) is 17.1 Å². The molecule has 39 valence electrons. The van der Waals surface area contributed by atoms with Crippen LogP contribution in [-0.2, 0) is 17.1 Å². The van der Waals surface area contributed by atoms with Crippen molar-refractivity contribution in [1.29, 1.82) is 0 Å². The molecule has 0 aliphatic rings. The van der Waals surface area contributed by atoms with Gasteiger partial charge in [0.05, 0.1) is 0 Å². The number of hydrogen-bond acceptors (Lipinski definition) is 0. The quantitative estimate of drug-likeness (QED) is 0.352. The van der Waals surface area contributed by atoms with Crippen LogP contribution >= 0.6 is 0 Å². The average Bonchev–Trinajstić information content (AvgIpc) is 0. The third-order valence-corrected chi connectivity index (χ3v) is 0. The van der Waals surface area contributed by atoms with Crippen LogP contribution in [0.5, 0.6) is 0 Å². The van der Waals surface area contributed by atoms with Crippen LogP contribution in [0, 0.1) is 0 Å². The number of hydrogen-bond donors (Lipinski definition) is 0. The van der Waals surface area contributed by atoms with E-state index in [1.165, 1.54) is 0 Å². The van der Waals surface area contributed by atoms with Crippen molar-refractivity contribution in [1.82, 2.24) is 0 Å². The molecule has 0 aliphatic heterocycles. The summed E-state index contributed by atoms with van der Waals surface area (Å²) in [5.74, 6) is 0. The maximum atomic E-state index is 0. The molecule has 0 aromatic carbocycles. The summed E-state index contributed by atoms with van der Waals surface area (Å²) in [5.41, 5.74) is 0. The third-order valence-electron chi connectivity index (χ3n) is 0. The average molecular weight is 416 g/mol. The molecule has 0 saturated carbocycles. The molecule has 0 spiro atoms. The van der Waals surface area contributed by atoms with Crippen molar-refractivity contribution < 1.29 is 17.1 Å². The van der Waals surface area contributed by atoms with Crippen LogP contribution < -0.4 is 0 Å². The Bertz CT molecular complexity index is 9.61. The van der Waals surface area contributed by atoms with Gasteiger partial charge in [-0.1, -0.05) is 0 Å². The van der Waals surface area contributed by atoms with Gasteiger partial charge in [0.25, 0.3) is 0 Å². The fourth-order valence-electron chi connectivity index (χ4n) is 0. The Morgan fingerprint density at radius 1 is 0.800 bits per heavy atom. The first kappa shape index (κ1) is 42.9. The molecule has 0 unspecified atom stereocenters. The first-order valence-electron chi connectivity index (χ1n) is 0. The van der Waals surface area contributed by atoms with Crippen LogP contribution in [0.1, 0.15) is 0 Å². The fraction of sp³-hybridized carbons (Fsp3) is 0. The monoisotopic (exact) mass is 417 g/mol. The summed E-state index contributed by atoms with van der Waals surface area (Å²) in [6, 6.07) is 0. The molecule has 0 fully saturated rings. The van der Waals surface area contributed by atoms with Crippen molar-refractivity contribution in [3.8, 4) is 0 Å². The van der Waals surface area contributed by atoms with Gasteiger partial charge in [0.15, 0.2) is 0 Å². The minimum absolute atomic E-state index is 0. The molecular formula is H10CuGaInSe2. The Labute approximate surface area is 95.2 Å². The summed E-state index contributed by atoms with van der Waals surface area (Å²) < 4.78 is 0. The summed E-state index contributed by atoms with van der Waals surface area (Å²) in [6.07, 6.45) is 0. The summed E-state index contributed by atoms with van der Waals surface area (Å²) in [5, 5.41) is 0. The van der Waals surface area contributed by atoms with Gasteiger partial charge in [-0.3, -0.25) is 0 Å². The molecule has 0 aromatic heterocycles. The van der Waals surface area contributed by atoms with Gasteiger partial charge in [0.2, 0.25) is 0 Å². The zero-order valence-corrected chi connectivity index (χ0v) is 6.44. The standard InChI is InChI=1S/Cu.Ga.In.2H2Se.6H/h;;;2*1H2;;;;;;. The van der Waals surface area contributed by atoms with Gasteiger partial charge in [-0.15, -0.1) is 0 Å². The molecule has 0 rings (SSSR count). The molecule has 1 radical (unpaired) electrons. The maximum absolute atomic E-state index is 0. The molecular weight excluding hydrogens is 406 g/mol. The van der Waals surface area contributed by atoms with E-state index >= 15 is 0 Å². The zero-order valence-electron chi connectivity index (χ0n) is 1.30. The normalized spacial score (nSPS) is 0. The van der Waals surface area contributed by atoms with Crippen LogP contribution in [0.15, 0.2) is 0 Å². The molecule has 0 atom stereocenters. The summed E-state index contributed by atoms with van der Waals surface area (Å²) >= 11 is 0. The fourth-order valence-corrected chi connectivity index (χ4v) is 0. The van der Waals surface area contributed by atoms with Crippen molar-refractivity contribution in [2.45, 2.75) is 0 Å². The van der Waals surface area contributed by atoms with Crippen molar-refractivity contribution in [2.24, 2.45) is 0 Å². The first-order chi connectivity index (χ1) is 0. The predicted octanol–water partition coefficient (Wildman–Crippen LogP) is -4.20. The van der Waals surface area contributed by atoms with Crippen LogP contribution in [0.25, 0.3) is 0 Å². The van der Waals surface area contributed by atoms with E-state index in [2.05, 4.69) is 0 Å². The van der Waals surface area contributed by atoms with Gasteiger partial charge >= 0.3 is 79.8 Å². The van der Waals surface area contributed by atoms with E-state index in [9.17, 15) is 0 Å². The summed E-state index contributed by atoms with van der Waals surface area (Å²) in [4.78, 5) is 0. The van der Waals surface area contributed by atoms with E-state index in [0.29, 0.717) is 0 Å². The molecule has 0 amide bonds. The SMILES string of the molecule is [Cu].[GaH3].[InH3].[SeH2].[SeH2]. The molecule has 0 nitrogen and oxygen atoms in total. The molecule has 0 N–H and O–H groups in total. The van der Waals surface area contributed by atoms with Crippen molar-refractivity contribution in [3.63, 3.8) is 0 Å². The van der Waals surface area contributed by atoms with Crippen LogP contribution in [-0.4, -0.2) is 79.8 Å². The second-order valence-electron chi connectivity index (χ2n) is 0. The molecule has 5 heavy (non-hydrogen) atoms. The minimum atomic E-state index is 0. The van der Waals surface area contributed by atoms with Crippen LogP contribution in [0.3, 0.4) is 0 Å². The van der Waals surface area contributed by atoms with Gasteiger partial charge in [-0.2, -0.15) is 0 Å². The van der Waals surface area contributed by atoms with Crippen LogP contribution in [0.2, 0.25) is 0 Å². The zero-order chi connectivity index (χ0) is 0. The molecule has 5 heteroatoms. The van der Waals surface area contributed by atoms with Gasteiger partial charge in [-0.25, -0.2) is 0 Å². The van der Waals surface area contributed by atoms with Gasteiger partial charge in [-0.05, 0) is 0 Å². The summed E-state index contributed by atoms with van der Waals surface area (Å²) in [7, 11) is 0. The molecule has 0 heterocycles. The van der Waals surface area contributed by atoms with Crippen molar-refractivity contribution in [2.75, 3.05) is 0 Å². The second kappa shape index (κ2) is 27.7. The third kappa shape index (κ3) is 19.3. The van der Waals surface area contributed by atoms with E-state index in [1.54, 1.807) is 0 Å². The Morgan fingerprint density at radius 3 is 0.800 bits per heavy atom. The molecule has 0 aromatic rings. The summed E-state index contributed by atoms with van der Waals surface area (Å²) in [6.45, 7) is 0. The Hall–Kier alpha value is 3.06. The predicted molar refractivity (Wildman–Crippen MR) is 37.0 cm³/mol. The van der Waals surface area contributed by atoms with Gasteiger partial charge in [0.1, 0.15) is 0 Å². The Morgan fingerprint density at radius 2 is 0.800 bits per heavy atom. The van der Waals surface area contributed by atoms with E-state index in [0.717, 1.165) is 0 Å². The first-order valence-corrected chi connectivity index (χ1v) is 0. The van der Waals surface area contributed by atoms with E-state index < -0.39 is 0 Å². The number of rotatable bonds is 0. The Kier molecular flexibility index (Phi) is 237. The van der Waals surface area contributed by atoms with Crippen LogP contribution in [0.4, 0.5) is 0 Å². The second-order valence-corrected chi connectivity index (χ2v) is 0. The molecule has 0 bridgehead atoms. The molecule has 0 aliphatic carbocycles.